The molecule has 4 aromatic carbocycles. The molecule has 2 aromatic heterocycles. The smallest absolute Gasteiger partial charge is 0.273 e. The van der Waals surface area contributed by atoms with Crippen molar-refractivity contribution in [3.8, 4) is 23.1 Å². The fraction of sp³-hybridized carbons (Fsp3) is 0.0588. The summed E-state index contributed by atoms with van der Waals surface area (Å²) in [4.78, 5) is 27.0. The van der Waals surface area contributed by atoms with Crippen LogP contribution in [0.1, 0.15) is 16.7 Å². The van der Waals surface area contributed by atoms with Crippen molar-refractivity contribution in [3.05, 3.63) is 139 Å². The lowest BCUT2D eigenvalue weighted by Crippen LogP contribution is -2.33. The summed E-state index contributed by atoms with van der Waals surface area (Å²) in [7, 11) is 0. The fourth-order valence-electron chi connectivity index (χ4n) is 4.64. The number of nitrogens with one attached hydrogen (secondary N) is 1. The summed E-state index contributed by atoms with van der Waals surface area (Å²) in [6.45, 7) is 2.28. The van der Waals surface area contributed by atoms with Crippen LogP contribution in [-0.2, 0) is 11.3 Å². The average Bonchev–Trinajstić information content (AvgIpc) is 3.58. The maximum atomic E-state index is 13.8. The van der Waals surface area contributed by atoms with Crippen LogP contribution in [0.15, 0.2) is 112 Å². The number of rotatable bonds is 6. The Morgan fingerprint density at radius 1 is 1.00 bits per heavy atom. The van der Waals surface area contributed by atoms with Crippen LogP contribution in [-0.4, -0.2) is 15.6 Å². The van der Waals surface area contributed by atoms with Crippen LogP contribution in [0.4, 0.5) is 0 Å². The molecule has 42 heavy (non-hydrogen) atoms. The van der Waals surface area contributed by atoms with E-state index in [1.54, 1.807) is 30.3 Å². The molecular formula is C34H24N4O3S. The average molecular weight is 569 g/mol. The highest BCUT2D eigenvalue weighted by molar-refractivity contribution is 7.07. The molecule has 0 saturated carbocycles. The van der Waals surface area contributed by atoms with Gasteiger partial charge in [-0.05, 0) is 48.4 Å². The van der Waals surface area contributed by atoms with Gasteiger partial charge in [0.15, 0.2) is 11.3 Å². The van der Waals surface area contributed by atoms with E-state index >= 15 is 0 Å². The number of carbonyl (C=O) groups is 1. The van der Waals surface area contributed by atoms with Gasteiger partial charge >= 0.3 is 0 Å². The number of hydrogen-bond acceptors (Lipinski definition) is 6. The first-order chi connectivity index (χ1) is 20.5. The Morgan fingerprint density at radius 3 is 2.43 bits per heavy atom. The van der Waals surface area contributed by atoms with E-state index in [1.165, 1.54) is 4.57 Å². The highest BCUT2D eigenvalue weighted by atomic mass is 32.1. The zero-order chi connectivity index (χ0) is 29.1. The molecular weight excluding hydrogens is 544 g/mol. The van der Waals surface area contributed by atoms with Crippen molar-refractivity contribution in [1.29, 1.82) is 5.26 Å². The standard InChI is InChI=1S/C34H24N4O3S/c1-22-12-15-25(16-13-22)31-27-18-24(14-17-29(27)37-41-31)19-30-33(40)38(26-10-6-3-7-11-26)34(42-30)28(20-35)32(39)36-21-23-8-4-2-5-9-23/h2-19H,21H2,1H3,(H,36,39)/b30-19+,34-28-. The van der Waals surface area contributed by atoms with E-state index < -0.39 is 5.91 Å². The van der Waals surface area contributed by atoms with E-state index in [2.05, 4.69) is 10.5 Å². The molecule has 0 aliphatic carbocycles. The number of amides is 1. The highest BCUT2D eigenvalue weighted by Crippen LogP contribution is 2.29. The number of carbonyl (C=O) groups excluding carboxylic acids is 1. The van der Waals surface area contributed by atoms with Crippen molar-refractivity contribution in [3.63, 3.8) is 0 Å². The molecule has 0 radical (unpaired) electrons. The van der Waals surface area contributed by atoms with Gasteiger partial charge in [0.1, 0.15) is 16.2 Å². The molecule has 1 amide bonds. The second-order valence-electron chi connectivity index (χ2n) is 9.70. The highest BCUT2D eigenvalue weighted by Gasteiger charge is 2.17. The van der Waals surface area contributed by atoms with E-state index in [-0.39, 0.29) is 22.3 Å². The van der Waals surface area contributed by atoms with Gasteiger partial charge in [0, 0.05) is 12.1 Å². The number of aryl methyl sites for hydroxylation is 1. The second-order valence-corrected chi connectivity index (χ2v) is 10.7. The van der Waals surface area contributed by atoms with Gasteiger partial charge in [-0.15, -0.1) is 11.3 Å². The first kappa shape index (κ1) is 26.7. The summed E-state index contributed by atoms with van der Waals surface area (Å²) in [6, 6.07) is 34.1. The predicted octanol–water partition coefficient (Wildman–Crippen LogP) is 4.84. The molecule has 0 bridgehead atoms. The van der Waals surface area contributed by atoms with E-state index in [4.69, 9.17) is 4.52 Å². The van der Waals surface area contributed by atoms with E-state index in [1.807, 2.05) is 91.9 Å². The Balaban J connectivity index is 1.48. The molecule has 6 rings (SSSR count). The van der Waals surface area contributed by atoms with E-state index in [0.717, 1.165) is 39.0 Å². The lowest BCUT2D eigenvalue weighted by Gasteiger charge is -2.06. The van der Waals surface area contributed by atoms with Crippen LogP contribution < -0.4 is 20.1 Å². The molecule has 8 heteroatoms. The molecule has 1 N–H and O–H groups in total. The third-order valence-corrected chi connectivity index (χ3v) is 7.89. The minimum Gasteiger partial charge on any atom is -0.355 e. The molecule has 6 aromatic rings. The molecule has 7 nitrogen and oxygen atoms in total. The van der Waals surface area contributed by atoms with Crippen molar-refractivity contribution >= 4 is 39.8 Å². The molecule has 0 unspecified atom stereocenters. The van der Waals surface area contributed by atoms with Crippen molar-refractivity contribution in [2.45, 2.75) is 13.5 Å². The van der Waals surface area contributed by atoms with Gasteiger partial charge in [0.2, 0.25) is 0 Å². The normalized spacial score (nSPS) is 12.2. The Labute approximate surface area is 244 Å². The first-order valence-electron chi connectivity index (χ1n) is 13.2. The topological polar surface area (TPSA) is 101 Å². The van der Waals surface area contributed by atoms with Crippen LogP contribution >= 0.6 is 11.3 Å². The largest absolute Gasteiger partial charge is 0.355 e. The van der Waals surface area contributed by atoms with Crippen LogP contribution in [0.3, 0.4) is 0 Å². The predicted molar refractivity (Wildman–Crippen MR) is 164 cm³/mol. The van der Waals surface area contributed by atoms with Crippen LogP contribution in [0.25, 0.3) is 39.6 Å². The van der Waals surface area contributed by atoms with Gasteiger partial charge in [-0.1, -0.05) is 89.6 Å². The summed E-state index contributed by atoms with van der Waals surface area (Å²) >= 11 is 1.10. The van der Waals surface area contributed by atoms with Crippen LogP contribution in [0, 0.1) is 18.3 Å². The van der Waals surface area contributed by atoms with Crippen molar-refractivity contribution in [2.24, 2.45) is 0 Å². The van der Waals surface area contributed by atoms with Gasteiger partial charge in [-0.3, -0.25) is 14.2 Å². The lowest BCUT2D eigenvalue weighted by molar-refractivity contribution is -0.115. The number of nitrogens with zero attached hydrogens (tertiary/aromatic N) is 3. The minimum absolute atomic E-state index is 0.132. The van der Waals surface area contributed by atoms with Crippen molar-refractivity contribution < 1.29 is 9.32 Å². The maximum absolute atomic E-state index is 13.8. The number of thiazole rings is 1. The Morgan fingerprint density at radius 2 is 1.71 bits per heavy atom. The van der Waals surface area contributed by atoms with E-state index in [0.29, 0.717) is 21.5 Å². The molecule has 0 atom stereocenters. The number of benzene rings is 4. The Bertz CT molecular complexity index is 2140. The van der Waals surface area contributed by atoms with Crippen LogP contribution in [0.5, 0.6) is 0 Å². The minimum atomic E-state index is -0.549. The van der Waals surface area contributed by atoms with Gasteiger partial charge in [-0.25, -0.2) is 0 Å². The fourth-order valence-corrected chi connectivity index (χ4v) is 5.74. The number of para-hydroxylation sites is 1. The number of aromatic nitrogens is 2. The molecule has 0 saturated heterocycles. The van der Waals surface area contributed by atoms with Gasteiger partial charge in [0.05, 0.1) is 15.6 Å². The van der Waals surface area contributed by atoms with Gasteiger partial charge in [0.25, 0.3) is 11.5 Å². The molecule has 0 aliphatic rings. The summed E-state index contributed by atoms with van der Waals surface area (Å²) < 4.78 is 7.73. The molecule has 0 aliphatic heterocycles. The third-order valence-electron chi connectivity index (χ3n) is 6.80. The Kier molecular flexibility index (Phi) is 7.33. The first-order valence-corrected chi connectivity index (χ1v) is 14.1. The zero-order valence-corrected chi connectivity index (χ0v) is 23.4. The summed E-state index contributed by atoms with van der Waals surface area (Å²) in [5.74, 6) is 0.0940. The quantitative estimate of drug-likeness (QED) is 0.310. The summed E-state index contributed by atoms with van der Waals surface area (Å²) in [6.07, 6.45) is 1.76. The summed E-state index contributed by atoms with van der Waals surface area (Å²) in [5.41, 5.74) is 4.51. The zero-order valence-electron chi connectivity index (χ0n) is 22.6. The van der Waals surface area contributed by atoms with Gasteiger partial charge in [-0.2, -0.15) is 5.26 Å². The Hall–Kier alpha value is -5.52. The van der Waals surface area contributed by atoms with Crippen LogP contribution in [0.2, 0.25) is 0 Å². The molecule has 0 spiro atoms. The molecule has 0 fully saturated rings. The SMILES string of the molecule is Cc1ccc(-c2onc3ccc(/C=c4/s/c(=C(/C#N)C(=O)NCc5ccccc5)n(-c5ccccc5)c4=O)cc23)cc1. The number of nitriles is 1. The number of fused-ring (bicyclic) bond motifs is 1. The maximum Gasteiger partial charge on any atom is 0.273 e. The number of hydrogen-bond donors (Lipinski definition) is 1. The van der Waals surface area contributed by atoms with Crippen molar-refractivity contribution in [1.82, 2.24) is 15.0 Å². The molecule has 204 valence electrons. The lowest BCUT2D eigenvalue weighted by atomic mass is 10.1. The second kappa shape index (κ2) is 11.5. The molecule has 2 heterocycles. The monoisotopic (exact) mass is 568 g/mol. The summed E-state index contributed by atoms with van der Waals surface area (Å²) in [5, 5.41) is 17.9. The van der Waals surface area contributed by atoms with Crippen molar-refractivity contribution in [2.75, 3.05) is 0 Å². The van der Waals surface area contributed by atoms with E-state index in [9.17, 15) is 14.9 Å². The third kappa shape index (κ3) is 5.29. The van der Waals surface area contributed by atoms with Gasteiger partial charge < -0.3 is 9.84 Å².